The van der Waals surface area contributed by atoms with Crippen LogP contribution in [-0.2, 0) is 0 Å². The summed E-state index contributed by atoms with van der Waals surface area (Å²) in [5.74, 6) is 0.835. The Kier molecular flexibility index (Phi) is 2.69. The molecule has 0 amide bonds. The summed E-state index contributed by atoms with van der Waals surface area (Å²) in [5.41, 5.74) is 0.717. The number of hydrogen-bond acceptors (Lipinski definition) is 3. The molecule has 1 fully saturated rings. The zero-order chi connectivity index (χ0) is 12.0. The summed E-state index contributed by atoms with van der Waals surface area (Å²) >= 11 is 3.43. The van der Waals surface area contributed by atoms with E-state index in [0.717, 1.165) is 35.3 Å². The fourth-order valence-electron chi connectivity index (χ4n) is 2.90. The van der Waals surface area contributed by atoms with E-state index in [1.54, 1.807) is 0 Å². The molecule has 2 atom stereocenters. The molecule has 1 aromatic rings. The van der Waals surface area contributed by atoms with Gasteiger partial charge in [0.2, 0.25) is 0 Å². The molecule has 2 aliphatic rings. The molecule has 1 N–H and O–H groups in total. The molecule has 2 heterocycles. The van der Waals surface area contributed by atoms with Crippen molar-refractivity contribution in [1.29, 1.82) is 0 Å². The molecule has 1 unspecified atom stereocenters. The second-order valence-corrected chi connectivity index (χ2v) is 6.09. The lowest BCUT2D eigenvalue weighted by molar-refractivity contribution is -0.00582. The summed E-state index contributed by atoms with van der Waals surface area (Å²) < 4.78 is 7.14. The number of nitrogens with zero attached hydrogens (tertiary/aromatic N) is 1. The van der Waals surface area contributed by atoms with Gasteiger partial charge in [0.1, 0.15) is 11.4 Å². The number of aliphatic hydroxyl groups is 1. The molecular weight excluding hydrogens is 282 g/mol. The second kappa shape index (κ2) is 3.97. The van der Waals surface area contributed by atoms with E-state index in [2.05, 4.69) is 27.9 Å². The van der Waals surface area contributed by atoms with Gasteiger partial charge in [0.25, 0.3) is 0 Å². The van der Waals surface area contributed by atoms with Crippen LogP contribution in [0.15, 0.2) is 22.7 Å². The van der Waals surface area contributed by atoms with Crippen molar-refractivity contribution < 1.29 is 9.84 Å². The molecule has 0 aliphatic carbocycles. The van der Waals surface area contributed by atoms with Crippen LogP contribution >= 0.6 is 15.9 Å². The summed E-state index contributed by atoms with van der Waals surface area (Å²) in [4.78, 5) is 2.26. The summed E-state index contributed by atoms with van der Waals surface area (Å²) in [5, 5.41) is 10.3. The number of benzene rings is 1. The Labute approximate surface area is 110 Å². The van der Waals surface area contributed by atoms with Crippen molar-refractivity contribution in [3.05, 3.63) is 28.2 Å². The fourth-order valence-corrected chi connectivity index (χ4v) is 3.28. The van der Waals surface area contributed by atoms with Crippen molar-refractivity contribution in [2.75, 3.05) is 20.1 Å². The highest BCUT2D eigenvalue weighted by Crippen LogP contribution is 2.44. The van der Waals surface area contributed by atoms with E-state index in [1.165, 1.54) is 0 Å². The maximum atomic E-state index is 10.3. The van der Waals surface area contributed by atoms with Crippen molar-refractivity contribution in [3.8, 4) is 5.75 Å². The Balaban J connectivity index is 1.96. The van der Waals surface area contributed by atoms with Crippen LogP contribution in [0.5, 0.6) is 5.75 Å². The van der Waals surface area contributed by atoms with E-state index in [0.29, 0.717) is 6.42 Å². The van der Waals surface area contributed by atoms with Crippen molar-refractivity contribution in [2.45, 2.75) is 24.5 Å². The molecular formula is C13H16BrNO2. The standard InChI is InChI=1S/C13H16BrNO2/c1-15-5-4-13(8-15)7-11(16)10-6-9(14)2-3-12(10)17-13/h2-3,6,11,16H,4-5,7-8H2,1H3/t11-,13?/m0/s1. The molecule has 0 bridgehead atoms. The lowest BCUT2D eigenvalue weighted by Crippen LogP contribution is -2.43. The zero-order valence-electron chi connectivity index (χ0n) is 9.82. The zero-order valence-corrected chi connectivity index (χ0v) is 11.4. The molecule has 17 heavy (non-hydrogen) atoms. The molecule has 1 aromatic carbocycles. The molecule has 4 heteroatoms. The van der Waals surface area contributed by atoms with Crippen LogP contribution in [-0.4, -0.2) is 35.7 Å². The number of likely N-dealkylation sites (tertiary alicyclic amines) is 1. The van der Waals surface area contributed by atoms with Gasteiger partial charge in [0.05, 0.1) is 6.10 Å². The number of halogens is 1. The Hall–Kier alpha value is -0.580. The maximum absolute atomic E-state index is 10.3. The molecule has 2 aliphatic heterocycles. The third-order valence-corrected chi connectivity index (χ3v) is 4.22. The van der Waals surface area contributed by atoms with Gasteiger partial charge in [-0.3, -0.25) is 0 Å². The van der Waals surface area contributed by atoms with Gasteiger partial charge < -0.3 is 14.7 Å². The predicted molar refractivity (Wildman–Crippen MR) is 69.2 cm³/mol. The highest BCUT2D eigenvalue weighted by Gasteiger charge is 2.44. The first-order valence-corrected chi connectivity index (χ1v) is 6.72. The van der Waals surface area contributed by atoms with Gasteiger partial charge in [-0.15, -0.1) is 0 Å². The van der Waals surface area contributed by atoms with E-state index < -0.39 is 6.10 Å². The maximum Gasteiger partial charge on any atom is 0.126 e. The number of aliphatic hydroxyl groups excluding tert-OH is 1. The minimum Gasteiger partial charge on any atom is -0.485 e. The van der Waals surface area contributed by atoms with Crippen LogP contribution in [0.1, 0.15) is 24.5 Å². The minimum atomic E-state index is -0.414. The minimum absolute atomic E-state index is 0.186. The van der Waals surface area contributed by atoms with Gasteiger partial charge in [0.15, 0.2) is 0 Å². The van der Waals surface area contributed by atoms with Gasteiger partial charge in [-0.25, -0.2) is 0 Å². The third kappa shape index (κ3) is 1.98. The number of likely N-dealkylation sites (N-methyl/N-ethyl adjacent to an activating group) is 1. The lowest BCUT2D eigenvalue weighted by atomic mass is 9.88. The highest BCUT2D eigenvalue weighted by atomic mass is 79.9. The Morgan fingerprint density at radius 3 is 3.06 bits per heavy atom. The first-order valence-electron chi connectivity index (χ1n) is 5.93. The van der Waals surface area contributed by atoms with Crippen LogP contribution in [0.3, 0.4) is 0 Å². The molecule has 0 radical (unpaired) electrons. The Morgan fingerprint density at radius 2 is 2.35 bits per heavy atom. The highest BCUT2D eigenvalue weighted by molar-refractivity contribution is 9.10. The molecule has 3 rings (SSSR count). The van der Waals surface area contributed by atoms with E-state index in [9.17, 15) is 5.11 Å². The van der Waals surface area contributed by atoms with E-state index in [-0.39, 0.29) is 5.60 Å². The van der Waals surface area contributed by atoms with Crippen LogP contribution in [0.25, 0.3) is 0 Å². The monoisotopic (exact) mass is 297 g/mol. The largest absolute Gasteiger partial charge is 0.485 e. The van der Waals surface area contributed by atoms with Crippen molar-refractivity contribution in [3.63, 3.8) is 0 Å². The third-order valence-electron chi connectivity index (χ3n) is 3.73. The number of hydrogen-bond donors (Lipinski definition) is 1. The second-order valence-electron chi connectivity index (χ2n) is 5.17. The van der Waals surface area contributed by atoms with Crippen molar-refractivity contribution >= 4 is 15.9 Å². The molecule has 0 saturated carbocycles. The van der Waals surface area contributed by atoms with E-state index in [4.69, 9.17) is 4.74 Å². The number of ether oxygens (including phenoxy) is 1. The molecule has 0 aromatic heterocycles. The molecule has 3 nitrogen and oxygen atoms in total. The molecule has 1 saturated heterocycles. The van der Waals surface area contributed by atoms with Crippen molar-refractivity contribution in [2.24, 2.45) is 0 Å². The lowest BCUT2D eigenvalue weighted by Gasteiger charge is -2.38. The van der Waals surface area contributed by atoms with Crippen LogP contribution in [0.2, 0.25) is 0 Å². The number of fused-ring (bicyclic) bond motifs is 1. The first-order chi connectivity index (χ1) is 8.08. The van der Waals surface area contributed by atoms with Gasteiger partial charge in [0, 0.05) is 36.0 Å². The predicted octanol–water partition coefficient (Wildman–Crippen LogP) is 2.34. The topological polar surface area (TPSA) is 32.7 Å². The van der Waals surface area contributed by atoms with Gasteiger partial charge in [-0.2, -0.15) is 0 Å². The Bertz CT molecular complexity index is 451. The van der Waals surface area contributed by atoms with Crippen LogP contribution < -0.4 is 4.74 Å². The van der Waals surface area contributed by atoms with E-state index >= 15 is 0 Å². The van der Waals surface area contributed by atoms with Crippen molar-refractivity contribution in [1.82, 2.24) is 4.90 Å². The summed E-state index contributed by atoms with van der Waals surface area (Å²) in [7, 11) is 2.10. The molecule has 92 valence electrons. The quantitative estimate of drug-likeness (QED) is 0.798. The number of rotatable bonds is 0. The first kappa shape index (κ1) is 11.5. The van der Waals surface area contributed by atoms with Gasteiger partial charge in [-0.05, 0) is 25.2 Å². The summed E-state index contributed by atoms with van der Waals surface area (Å²) in [6.45, 7) is 1.94. The van der Waals surface area contributed by atoms with Gasteiger partial charge >= 0.3 is 0 Å². The fraction of sp³-hybridized carbons (Fsp3) is 0.538. The van der Waals surface area contributed by atoms with Gasteiger partial charge in [-0.1, -0.05) is 15.9 Å². The average molecular weight is 298 g/mol. The SMILES string of the molecule is CN1CCC2(C[C@H](O)c3cc(Br)ccc3O2)C1. The van der Waals surface area contributed by atoms with Crippen LogP contribution in [0.4, 0.5) is 0 Å². The smallest absolute Gasteiger partial charge is 0.126 e. The van der Waals surface area contributed by atoms with Crippen LogP contribution in [0, 0.1) is 0 Å². The normalized spacial score (nSPS) is 32.5. The molecule has 1 spiro atoms. The Morgan fingerprint density at radius 1 is 1.53 bits per heavy atom. The summed E-state index contributed by atoms with van der Waals surface area (Å²) in [6.07, 6.45) is 1.28. The average Bonchev–Trinajstić information content (AvgIpc) is 2.61. The summed E-state index contributed by atoms with van der Waals surface area (Å²) in [6, 6.07) is 5.86. The van der Waals surface area contributed by atoms with E-state index in [1.807, 2.05) is 18.2 Å².